The van der Waals surface area contributed by atoms with Gasteiger partial charge in [-0.3, -0.25) is 9.00 Å². The third-order valence-electron chi connectivity index (χ3n) is 3.91. The normalized spacial score (nSPS) is 17.4. The van der Waals surface area contributed by atoms with Crippen LogP contribution in [0.3, 0.4) is 0 Å². The minimum absolute atomic E-state index is 0.0208. The highest BCUT2D eigenvalue weighted by molar-refractivity contribution is 7.89. The van der Waals surface area contributed by atoms with Gasteiger partial charge in [-0.2, -0.15) is 4.31 Å². The molecule has 0 N–H and O–H groups in total. The molecule has 25 heavy (non-hydrogen) atoms. The fraction of sp³-hybridized carbons (Fsp3) is 0.267. The van der Waals surface area contributed by atoms with E-state index in [-0.39, 0.29) is 47.6 Å². The van der Waals surface area contributed by atoms with Crippen molar-refractivity contribution in [3.63, 3.8) is 0 Å². The maximum absolute atomic E-state index is 12.6. The Morgan fingerprint density at radius 2 is 1.72 bits per heavy atom. The number of hydrogen-bond acceptors (Lipinski definition) is 6. The number of benzene rings is 1. The average molecular weight is 383 g/mol. The van der Waals surface area contributed by atoms with Crippen LogP contribution >= 0.6 is 0 Å². The van der Waals surface area contributed by atoms with E-state index in [1.54, 1.807) is 12.1 Å². The molecule has 1 amide bonds. The number of carbonyl (C=O) groups excluding carboxylic acids is 1. The minimum atomic E-state index is -3.74. The molecule has 8 nitrogen and oxygen atoms in total. The van der Waals surface area contributed by atoms with Crippen molar-refractivity contribution in [3.8, 4) is 0 Å². The SMILES string of the molecule is O=C(c1ccco1)N1CCN(S(=O)(=O)c2ccc(S(=O)[O-])cc2)CC1. The first-order chi connectivity index (χ1) is 11.9. The van der Waals surface area contributed by atoms with E-state index in [0.29, 0.717) is 0 Å². The van der Waals surface area contributed by atoms with Crippen LogP contribution in [0.4, 0.5) is 0 Å². The van der Waals surface area contributed by atoms with Gasteiger partial charge in [-0.1, -0.05) is 0 Å². The Morgan fingerprint density at radius 1 is 1.08 bits per heavy atom. The predicted octanol–water partition coefficient (Wildman–Crippen LogP) is 0.664. The number of carbonyl (C=O) groups is 1. The number of hydrogen-bond donors (Lipinski definition) is 0. The summed E-state index contributed by atoms with van der Waals surface area (Å²) in [5, 5.41) is 0. The molecule has 0 bridgehead atoms. The van der Waals surface area contributed by atoms with E-state index in [4.69, 9.17) is 4.42 Å². The molecule has 0 aliphatic carbocycles. The monoisotopic (exact) mass is 383 g/mol. The number of piperazine rings is 1. The molecule has 10 heteroatoms. The lowest BCUT2D eigenvalue weighted by molar-refractivity contribution is 0.0666. The van der Waals surface area contributed by atoms with Crippen LogP contribution < -0.4 is 0 Å². The Bertz CT molecular complexity index is 869. The van der Waals surface area contributed by atoms with Crippen molar-refractivity contribution in [1.82, 2.24) is 9.21 Å². The summed E-state index contributed by atoms with van der Waals surface area (Å²) in [5.41, 5.74) is 0. The first-order valence-electron chi connectivity index (χ1n) is 7.42. The van der Waals surface area contributed by atoms with E-state index >= 15 is 0 Å². The topological polar surface area (TPSA) is 111 Å². The molecule has 1 atom stereocenters. The summed E-state index contributed by atoms with van der Waals surface area (Å²) in [7, 11) is -3.74. The van der Waals surface area contributed by atoms with Gasteiger partial charge in [0.05, 0.1) is 11.2 Å². The van der Waals surface area contributed by atoms with E-state index in [9.17, 15) is 22.0 Å². The van der Waals surface area contributed by atoms with Crippen LogP contribution in [0, 0.1) is 0 Å². The molecule has 1 aliphatic rings. The molecule has 1 unspecified atom stereocenters. The van der Waals surface area contributed by atoms with Gasteiger partial charge in [0.15, 0.2) is 5.76 Å². The van der Waals surface area contributed by atoms with E-state index in [2.05, 4.69) is 0 Å². The van der Waals surface area contributed by atoms with Crippen LogP contribution in [-0.2, 0) is 21.1 Å². The van der Waals surface area contributed by atoms with Crippen molar-refractivity contribution < 1.29 is 26.4 Å². The maximum Gasteiger partial charge on any atom is 0.289 e. The second-order valence-corrected chi connectivity index (χ2v) is 8.26. The summed E-state index contributed by atoms with van der Waals surface area (Å²) in [6.45, 7) is 0.816. The zero-order chi connectivity index (χ0) is 18.0. The van der Waals surface area contributed by atoms with Crippen molar-refractivity contribution in [1.29, 1.82) is 0 Å². The highest BCUT2D eigenvalue weighted by Gasteiger charge is 2.31. The molecule has 0 saturated carbocycles. The fourth-order valence-electron chi connectivity index (χ4n) is 2.56. The van der Waals surface area contributed by atoms with Crippen LogP contribution in [0.5, 0.6) is 0 Å². The fourth-order valence-corrected chi connectivity index (χ4v) is 4.34. The van der Waals surface area contributed by atoms with Gasteiger partial charge in [0, 0.05) is 31.1 Å². The van der Waals surface area contributed by atoms with Crippen LogP contribution in [0.1, 0.15) is 10.6 Å². The number of amides is 1. The van der Waals surface area contributed by atoms with Gasteiger partial charge >= 0.3 is 0 Å². The van der Waals surface area contributed by atoms with E-state index in [0.717, 1.165) is 0 Å². The molecule has 1 aliphatic heterocycles. The zero-order valence-corrected chi connectivity index (χ0v) is 14.7. The highest BCUT2D eigenvalue weighted by Crippen LogP contribution is 2.20. The highest BCUT2D eigenvalue weighted by atomic mass is 32.2. The largest absolute Gasteiger partial charge is 0.768 e. The Kier molecular flexibility index (Phi) is 5.04. The quantitative estimate of drug-likeness (QED) is 0.717. The molecule has 1 aromatic heterocycles. The molecule has 2 aromatic rings. The van der Waals surface area contributed by atoms with E-state index < -0.39 is 21.1 Å². The Labute approximate surface area is 147 Å². The standard InChI is InChI=1S/C15H16N2O6S2/c18-15(14-2-1-11-23-14)16-7-9-17(10-8-16)25(21,22)13-5-3-12(4-6-13)24(19)20/h1-6,11H,7-10H2,(H,19,20)/p-1. The number of furan rings is 1. The number of rotatable bonds is 4. The second kappa shape index (κ2) is 7.08. The van der Waals surface area contributed by atoms with Gasteiger partial charge in [0.25, 0.3) is 5.91 Å². The predicted molar refractivity (Wildman–Crippen MR) is 87.0 cm³/mol. The molecule has 1 fully saturated rings. The molecular formula is C15H15N2O6S2-. The zero-order valence-electron chi connectivity index (χ0n) is 13.0. The summed E-state index contributed by atoms with van der Waals surface area (Å²) in [6, 6.07) is 8.19. The molecule has 0 spiro atoms. The van der Waals surface area contributed by atoms with Crippen LogP contribution in [-0.4, -0.2) is 58.5 Å². The maximum atomic E-state index is 12.6. The van der Waals surface area contributed by atoms with E-state index in [1.165, 1.54) is 39.7 Å². The van der Waals surface area contributed by atoms with Gasteiger partial charge in [-0.05, 0) is 47.5 Å². The molecule has 134 valence electrons. The van der Waals surface area contributed by atoms with Gasteiger partial charge < -0.3 is 13.9 Å². The van der Waals surface area contributed by atoms with Crippen LogP contribution in [0.2, 0.25) is 0 Å². The second-order valence-electron chi connectivity index (χ2n) is 5.38. The van der Waals surface area contributed by atoms with Crippen molar-refractivity contribution in [2.75, 3.05) is 26.2 Å². The van der Waals surface area contributed by atoms with Gasteiger partial charge in [-0.25, -0.2) is 8.42 Å². The Balaban J connectivity index is 1.69. The third kappa shape index (κ3) is 3.66. The van der Waals surface area contributed by atoms with Crippen LogP contribution in [0.15, 0.2) is 56.9 Å². The lowest BCUT2D eigenvalue weighted by atomic mass is 10.3. The van der Waals surface area contributed by atoms with Gasteiger partial charge in [0.2, 0.25) is 10.0 Å². The smallest absolute Gasteiger partial charge is 0.289 e. The Morgan fingerprint density at radius 3 is 2.24 bits per heavy atom. The number of sulfonamides is 1. The third-order valence-corrected chi connectivity index (χ3v) is 6.48. The summed E-state index contributed by atoms with van der Waals surface area (Å²) < 4.78 is 53.3. The summed E-state index contributed by atoms with van der Waals surface area (Å²) >= 11 is -2.41. The summed E-state index contributed by atoms with van der Waals surface area (Å²) in [4.78, 5) is 13.8. The molecule has 1 saturated heterocycles. The van der Waals surface area contributed by atoms with Gasteiger partial charge in [0.1, 0.15) is 0 Å². The van der Waals surface area contributed by atoms with Crippen molar-refractivity contribution in [2.45, 2.75) is 9.79 Å². The van der Waals surface area contributed by atoms with Gasteiger partial charge in [-0.15, -0.1) is 0 Å². The van der Waals surface area contributed by atoms with E-state index in [1.807, 2.05) is 0 Å². The Hall–Kier alpha value is -2.01. The molecule has 1 aromatic carbocycles. The summed E-state index contributed by atoms with van der Waals surface area (Å²) in [6.07, 6.45) is 1.41. The molecule has 0 radical (unpaired) electrons. The van der Waals surface area contributed by atoms with Crippen molar-refractivity contribution in [3.05, 3.63) is 48.4 Å². The number of nitrogens with zero attached hydrogens (tertiary/aromatic N) is 2. The first kappa shape index (κ1) is 17.8. The molecule has 3 rings (SSSR count). The van der Waals surface area contributed by atoms with Crippen molar-refractivity contribution >= 4 is 27.0 Å². The first-order valence-corrected chi connectivity index (χ1v) is 9.93. The minimum Gasteiger partial charge on any atom is -0.768 e. The molecule has 2 heterocycles. The van der Waals surface area contributed by atoms with Crippen molar-refractivity contribution in [2.24, 2.45) is 0 Å². The average Bonchev–Trinajstić information content (AvgIpc) is 3.16. The van der Waals surface area contributed by atoms with Crippen LogP contribution in [0.25, 0.3) is 0 Å². The lowest BCUT2D eigenvalue weighted by Gasteiger charge is -2.33. The molecular weight excluding hydrogens is 368 g/mol. The summed E-state index contributed by atoms with van der Waals surface area (Å²) in [5.74, 6) is -0.0539. The lowest BCUT2D eigenvalue weighted by Crippen LogP contribution is -2.50.